The molecular formula is C17H20N3O4-. The van der Waals surface area contributed by atoms with Crippen molar-refractivity contribution in [2.24, 2.45) is 0 Å². The van der Waals surface area contributed by atoms with Crippen molar-refractivity contribution in [2.45, 2.75) is 39.2 Å². The largest absolute Gasteiger partial charge is 0.548 e. The lowest BCUT2D eigenvalue weighted by Gasteiger charge is -2.11. The number of hydrogen-bond acceptors (Lipinski definition) is 5. The number of rotatable bonds is 8. The summed E-state index contributed by atoms with van der Waals surface area (Å²) in [4.78, 5) is 35.2. The molecule has 1 N–H and O–H groups in total. The van der Waals surface area contributed by atoms with Gasteiger partial charge in [-0.05, 0) is 12.5 Å². The van der Waals surface area contributed by atoms with Crippen LogP contribution < -0.4 is 16.0 Å². The van der Waals surface area contributed by atoms with Gasteiger partial charge in [0.2, 0.25) is 0 Å². The quantitative estimate of drug-likeness (QED) is 0.708. The van der Waals surface area contributed by atoms with Crippen LogP contribution in [0.5, 0.6) is 0 Å². The molecule has 7 nitrogen and oxygen atoms in total. The minimum absolute atomic E-state index is 0.0435. The maximum atomic E-state index is 12.5. The molecule has 2 rings (SSSR count). The molecule has 2 aromatic rings. The predicted octanol–water partition coefficient (Wildman–Crippen LogP) is 0.456. The first-order valence-corrected chi connectivity index (χ1v) is 8.02. The topological polar surface area (TPSA) is 104 Å². The fraction of sp³-hybridized carbons (Fsp3) is 0.412. The Morgan fingerprint density at radius 3 is 2.54 bits per heavy atom. The molecule has 0 bridgehead atoms. The number of aliphatic carboxylic acids is 1. The molecule has 0 saturated carbocycles. The van der Waals surface area contributed by atoms with Crippen LogP contribution in [0.1, 0.15) is 43.1 Å². The smallest absolute Gasteiger partial charge is 0.274 e. The molecule has 0 fully saturated rings. The molecule has 1 aromatic carbocycles. The van der Waals surface area contributed by atoms with Gasteiger partial charge in [0.1, 0.15) is 0 Å². The molecule has 0 radical (unpaired) electrons. The molecular weight excluding hydrogens is 310 g/mol. The number of aryl methyl sites for hydroxylation is 1. The normalized spacial score (nSPS) is 10.7. The van der Waals surface area contributed by atoms with E-state index in [4.69, 9.17) is 0 Å². The number of unbranched alkanes of at least 4 members (excludes halogenated alkanes) is 3. The van der Waals surface area contributed by atoms with Crippen molar-refractivity contribution in [3.63, 3.8) is 0 Å². The molecule has 7 heteroatoms. The van der Waals surface area contributed by atoms with Gasteiger partial charge in [0, 0.05) is 11.9 Å². The third kappa shape index (κ3) is 4.18. The van der Waals surface area contributed by atoms with Crippen LogP contribution in [0, 0.1) is 0 Å². The first-order valence-electron chi connectivity index (χ1n) is 8.02. The SMILES string of the molecule is CCCCCCn1nc(C(=O)NCC(=O)[O-])c2ccccc2c1=O. The van der Waals surface area contributed by atoms with Crippen LogP contribution in [0.25, 0.3) is 10.8 Å². The lowest BCUT2D eigenvalue weighted by atomic mass is 10.1. The van der Waals surface area contributed by atoms with E-state index in [1.807, 2.05) is 0 Å². The number of nitrogens with one attached hydrogen (secondary N) is 1. The van der Waals surface area contributed by atoms with Gasteiger partial charge in [-0.2, -0.15) is 5.10 Å². The minimum Gasteiger partial charge on any atom is -0.548 e. The van der Waals surface area contributed by atoms with Gasteiger partial charge < -0.3 is 15.2 Å². The molecule has 0 unspecified atom stereocenters. The Hall–Kier alpha value is -2.70. The van der Waals surface area contributed by atoms with Gasteiger partial charge in [-0.1, -0.05) is 44.4 Å². The van der Waals surface area contributed by atoms with E-state index in [0.29, 0.717) is 17.3 Å². The van der Waals surface area contributed by atoms with Gasteiger partial charge in [-0.3, -0.25) is 9.59 Å². The Labute approximate surface area is 139 Å². The summed E-state index contributed by atoms with van der Waals surface area (Å²) in [6.45, 7) is 1.91. The zero-order valence-electron chi connectivity index (χ0n) is 13.6. The number of carboxylic acid groups (broad SMARTS) is 1. The molecule has 128 valence electrons. The summed E-state index contributed by atoms with van der Waals surface area (Å²) in [5.74, 6) is -2.03. The van der Waals surface area contributed by atoms with Gasteiger partial charge in [-0.25, -0.2) is 4.68 Å². The van der Waals surface area contributed by atoms with Crippen molar-refractivity contribution in [1.29, 1.82) is 0 Å². The molecule has 1 heterocycles. The highest BCUT2D eigenvalue weighted by molar-refractivity contribution is 6.05. The Morgan fingerprint density at radius 1 is 1.17 bits per heavy atom. The second-order valence-electron chi connectivity index (χ2n) is 5.54. The predicted molar refractivity (Wildman–Crippen MR) is 87.5 cm³/mol. The number of carbonyl (C=O) groups excluding carboxylic acids is 2. The highest BCUT2D eigenvalue weighted by Crippen LogP contribution is 2.13. The monoisotopic (exact) mass is 330 g/mol. The Kier molecular flexibility index (Phi) is 6.06. The first-order chi connectivity index (χ1) is 11.5. The second-order valence-corrected chi connectivity index (χ2v) is 5.54. The zero-order chi connectivity index (χ0) is 17.5. The second kappa shape index (κ2) is 8.24. The number of fused-ring (bicyclic) bond motifs is 1. The van der Waals surface area contributed by atoms with E-state index in [-0.39, 0.29) is 11.3 Å². The van der Waals surface area contributed by atoms with E-state index >= 15 is 0 Å². The molecule has 0 aliphatic carbocycles. The lowest BCUT2D eigenvalue weighted by molar-refractivity contribution is -0.303. The average molecular weight is 330 g/mol. The Balaban J connectivity index is 2.37. The van der Waals surface area contributed by atoms with Crippen molar-refractivity contribution >= 4 is 22.6 Å². The maximum absolute atomic E-state index is 12.5. The van der Waals surface area contributed by atoms with Crippen LogP contribution >= 0.6 is 0 Å². The Bertz CT molecular complexity index is 798. The van der Waals surface area contributed by atoms with Crippen molar-refractivity contribution in [3.8, 4) is 0 Å². The number of nitrogens with zero attached hydrogens (tertiary/aromatic N) is 2. The van der Waals surface area contributed by atoms with Gasteiger partial charge >= 0.3 is 0 Å². The van der Waals surface area contributed by atoms with Gasteiger partial charge in [-0.15, -0.1) is 0 Å². The number of carbonyl (C=O) groups is 2. The summed E-state index contributed by atoms with van der Waals surface area (Å²) in [6, 6.07) is 6.68. The Morgan fingerprint density at radius 2 is 1.88 bits per heavy atom. The molecule has 24 heavy (non-hydrogen) atoms. The van der Waals surface area contributed by atoms with Crippen LogP contribution in [0.15, 0.2) is 29.1 Å². The number of benzene rings is 1. The summed E-state index contributed by atoms with van der Waals surface area (Å²) in [6.07, 6.45) is 3.92. The van der Waals surface area contributed by atoms with Crippen molar-refractivity contribution in [3.05, 3.63) is 40.3 Å². The molecule has 0 aliphatic rings. The average Bonchev–Trinajstić information content (AvgIpc) is 2.58. The van der Waals surface area contributed by atoms with E-state index in [0.717, 1.165) is 25.7 Å². The highest BCUT2D eigenvalue weighted by Gasteiger charge is 2.16. The minimum atomic E-state index is -1.39. The van der Waals surface area contributed by atoms with E-state index in [1.165, 1.54) is 4.68 Å². The molecule has 0 aliphatic heterocycles. The molecule has 0 spiro atoms. The van der Waals surface area contributed by atoms with Crippen LogP contribution in [0.3, 0.4) is 0 Å². The molecule has 1 amide bonds. The van der Waals surface area contributed by atoms with Crippen LogP contribution in [-0.4, -0.2) is 28.2 Å². The summed E-state index contributed by atoms with van der Waals surface area (Å²) >= 11 is 0. The van der Waals surface area contributed by atoms with E-state index in [9.17, 15) is 19.5 Å². The van der Waals surface area contributed by atoms with Gasteiger partial charge in [0.15, 0.2) is 5.69 Å². The number of hydrogen-bond donors (Lipinski definition) is 1. The fourth-order valence-corrected chi connectivity index (χ4v) is 2.48. The van der Waals surface area contributed by atoms with Crippen molar-refractivity contribution < 1.29 is 14.7 Å². The highest BCUT2D eigenvalue weighted by atomic mass is 16.4. The van der Waals surface area contributed by atoms with E-state index < -0.39 is 18.4 Å². The summed E-state index contributed by atoms with van der Waals surface area (Å²) < 4.78 is 1.28. The standard InChI is InChI=1S/C17H21N3O4/c1-2-3-4-7-10-20-17(24)13-9-6-5-8-12(13)15(19-20)16(23)18-11-14(21)22/h5-6,8-9H,2-4,7,10-11H2,1H3,(H,18,23)(H,21,22)/p-1. The molecule has 1 aromatic heterocycles. The van der Waals surface area contributed by atoms with E-state index in [2.05, 4.69) is 17.3 Å². The summed E-state index contributed by atoms with van der Waals surface area (Å²) in [5.41, 5.74) is -0.208. The first kappa shape index (κ1) is 17.7. The van der Waals surface area contributed by atoms with Crippen LogP contribution in [-0.2, 0) is 11.3 Å². The molecule has 0 saturated heterocycles. The molecule has 0 atom stereocenters. The van der Waals surface area contributed by atoms with Gasteiger partial charge in [0.05, 0.1) is 17.9 Å². The van der Waals surface area contributed by atoms with E-state index in [1.54, 1.807) is 24.3 Å². The summed E-state index contributed by atoms with van der Waals surface area (Å²) in [7, 11) is 0. The number of aromatic nitrogens is 2. The fourth-order valence-electron chi connectivity index (χ4n) is 2.48. The van der Waals surface area contributed by atoms with Crippen LogP contribution in [0.4, 0.5) is 0 Å². The van der Waals surface area contributed by atoms with Crippen molar-refractivity contribution in [1.82, 2.24) is 15.1 Å². The number of carboxylic acids is 1. The zero-order valence-corrected chi connectivity index (χ0v) is 13.6. The number of amides is 1. The summed E-state index contributed by atoms with van der Waals surface area (Å²) in [5, 5.41) is 17.7. The third-order valence-electron chi connectivity index (χ3n) is 3.70. The lowest BCUT2D eigenvalue weighted by Crippen LogP contribution is -2.39. The maximum Gasteiger partial charge on any atom is 0.274 e. The van der Waals surface area contributed by atoms with Gasteiger partial charge in [0.25, 0.3) is 11.5 Å². The van der Waals surface area contributed by atoms with Crippen molar-refractivity contribution in [2.75, 3.05) is 6.54 Å². The van der Waals surface area contributed by atoms with Crippen LogP contribution in [0.2, 0.25) is 0 Å². The third-order valence-corrected chi connectivity index (χ3v) is 3.70.